The van der Waals surface area contributed by atoms with E-state index in [0.29, 0.717) is 16.3 Å². The Balaban J connectivity index is 2.55. The second-order valence-electron chi connectivity index (χ2n) is 3.09. The summed E-state index contributed by atoms with van der Waals surface area (Å²) in [5.74, 6) is 0.194. The van der Waals surface area contributed by atoms with Crippen LogP contribution in [0.15, 0.2) is 24.3 Å². The van der Waals surface area contributed by atoms with Gasteiger partial charge in [0.05, 0.1) is 12.5 Å². The molecule has 1 N–H and O–H groups in total. The minimum absolute atomic E-state index is 0.143. The molecule has 0 unspecified atom stereocenters. The second kappa shape index (κ2) is 4.24. The number of benzene rings is 1. The first-order valence-corrected chi connectivity index (χ1v) is 4.92. The van der Waals surface area contributed by atoms with Crippen LogP contribution in [0.2, 0.25) is 0 Å². The number of hydrogen-bond acceptors (Lipinski definition) is 3. The van der Waals surface area contributed by atoms with Crippen LogP contribution in [0, 0.1) is 21.9 Å². The van der Waals surface area contributed by atoms with E-state index in [9.17, 15) is 4.39 Å². The first kappa shape index (κ1) is 10.5. The summed E-state index contributed by atoms with van der Waals surface area (Å²) in [5, 5.41) is 15.2. The van der Waals surface area contributed by atoms with Gasteiger partial charge >= 0.3 is 0 Å². The molecule has 80 valence electrons. The zero-order valence-corrected chi connectivity index (χ0v) is 8.96. The minimum Gasteiger partial charge on any atom is -0.271 e. The van der Waals surface area contributed by atoms with Crippen LogP contribution in [0.1, 0.15) is 5.82 Å². The molecule has 0 spiro atoms. The third-order valence-corrected chi connectivity index (χ3v) is 2.34. The van der Waals surface area contributed by atoms with Gasteiger partial charge in [0.1, 0.15) is 11.6 Å². The van der Waals surface area contributed by atoms with Crippen LogP contribution in [0.5, 0.6) is 0 Å². The number of hydrogen-bond donors (Lipinski definition) is 1. The van der Waals surface area contributed by atoms with Crippen LogP contribution in [-0.4, -0.2) is 14.8 Å². The van der Waals surface area contributed by atoms with Crippen LogP contribution < -0.4 is 0 Å². The van der Waals surface area contributed by atoms with Crippen LogP contribution in [0.25, 0.3) is 5.69 Å². The zero-order chi connectivity index (χ0) is 11.5. The highest BCUT2D eigenvalue weighted by atomic mass is 32.1. The largest absolute Gasteiger partial charge is 0.271 e. The van der Waals surface area contributed by atoms with Crippen molar-refractivity contribution in [2.75, 3.05) is 0 Å². The number of nitrogens with zero attached hydrogens (tertiary/aromatic N) is 3. The van der Waals surface area contributed by atoms with Crippen molar-refractivity contribution in [3.8, 4) is 11.8 Å². The van der Waals surface area contributed by atoms with Crippen molar-refractivity contribution in [1.82, 2.24) is 14.8 Å². The Morgan fingerprint density at radius 1 is 1.44 bits per heavy atom. The van der Waals surface area contributed by atoms with Gasteiger partial charge < -0.3 is 0 Å². The van der Waals surface area contributed by atoms with Gasteiger partial charge in [-0.15, -0.1) is 0 Å². The maximum atomic E-state index is 12.8. The topological polar surface area (TPSA) is 57.4 Å². The molecular weight excluding hydrogens is 227 g/mol. The molecule has 0 fully saturated rings. The summed E-state index contributed by atoms with van der Waals surface area (Å²) >= 11 is 5.04. The van der Waals surface area contributed by atoms with Crippen LogP contribution in [0.4, 0.5) is 4.39 Å². The predicted molar refractivity (Wildman–Crippen MR) is 58.0 cm³/mol. The second-order valence-corrected chi connectivity index (χ2v) is 3.48. The van der Waals surface area contributed by atoms with Gasteiger partial charge in [0, 0.05) is 5.69 Å². The van der Waals surface area contributed by atoms with Gasteiger partial charge in [0.15, 0.2) is 4.77 Å². The highest BCUT2D eigenvalue weighted by Crippen LogP contribution is 2.12. The molecule has 0 atom stereocenters. The van der Waals surface area contributed by atoms with E-state index in [4.69, 9.17) is 17.5 Å². The van der Waals surface area contributed by atoms with Gasteiger partial charge in [-0.3, -0.25) is 9.67 Å². The minimum atomic E-state index is -0.319. The number of rotatable bonds is 2. The number of aromatic nitrogens is 3. The molecule has 16 heavy (non-hydrogen) atoms. The number of nitriles is 1. The fraction of sp³-hybridized carbons (Fsp3) is 0.100. The molecule has 2 aromatic rings. The molecule has 1 aromatic heterocycles. The quantitative estimate of drug-likeness (QED) is 0.810. The van der Waals surface area contributed by atoms with Crippen molar-refractivity contribution in [2.24, 2.45) is 0 Å². The summed E-state index contributed by atoms with van der Waals surface area (Å²) in [5.41, 5.74) is 0.686. The number of halogens is 1. The molecule has 0 aliphatic heterocycles. The van der Waals surface area contributed by atoms with Crippen LogP contribution in [-0.2, 0) is 6.42 Å². The molecule has 2 rings (SSSR count). The van der Waals surface area contributed by atoms with Crippen molar-refractivity contribution >= 4 is 12.2 Å². The molecule has 0 saturated heterocycles. The van der Waals surface area contributed by atoms with Crippen molar-refractivity contribution in [3.05, 3.63) is 40.7 Å². The Kier molecular flexibility index (Phi) is 2.79. The van der Waals surface area contributed by atoms with Crippen molar-refractivity contribution in [3.63, 3.8) is 0 Å². The molecule has 0 aliphatic rings. The summed E-state index contributed by atoms with van der Waals surface area (Å²) in [6.45, 7) is 0. The zero-order valence-electron chi connectivity index (χ0n) is 8.14. The Morgan fingerprint density at radius 2 is 2.12 bits per heavy atom. The average Bonchev–Trinajstić information content (AvgIpc) is 2.62. The molecule has 0 aliphatic carbocycles. The third-order valence-electron chi connectivity index (χ3n) is 2.06. The van der Waals surface area contributed by atoms with E-state index in [1.54, 1.807) is 16.7 Å². The lowest BCUT2D eigenvalue weighted by Crippen LogP contribution is -2.00. The standard InChI is InChI=1S/C10H7FN4S/c11-7-1-3-8(4-2-7)15-9(5-6-12)13-14-10(15)16/h1-4H,5H2,(H,14,16). The smallest absolute Gasteiger partial charge is 0.199 e. The van der Waals surface area contributed by atoms with Gasteiger partial charge in [-0.25, -0.2) is 4.39 Å². The first-order chi connectivity index (χ1) is 7.72. The summed E-state index contributed by atoms with van der Waals surface area (Å²) in [4.78, 5) is 0. The molecule has 4 nitrogen and oxygen atoms in total. The maximum absolute atomic E-state index is 12.8. The molecule has 0 radical (unpaired) electrons. The monoisotopic (exact) mass is 234 g/mol. The highest BCUT2D eigenvalue weighted by molar-refractivity contribution is 7.71. The normalized spacial score (nSPS) is 10.0. The van der Waals surface area contributed by atoms with Gasteiger partial charge in [-0.1, -0.05) is 0 Å². The van der Waals surface area contributed by atoms with Crippen molar-refractivity contribution < 1.29 is 4.39 Å². The van der Waals surface area contributed by atoms with Gasteiger partial charge in [-0.2, -0.15) is 10.4 Å². The van der Waals surface area contributed by atoms with E-state index in [-0.39, 0.29) is 12.2 Å². The van der Waals surface area contributed by atoms with Crippen molar-refractivity contribution in [1.29, 1.82) is 5.26 Å². The number of aromatic amines is 1. The summed E-state index contributed by atoms with van der Waals surface area (Å²) in [7, 11) is 0. The molecule has 6 heteroatoms. The Hall–Kier alpha value is -2.00. The van der Waals surface area contributed by atoms with E-state index in [1.165, 1.54) is 12.1 Å². The van der Waals surface area contributed by atoms with E-state index in [1.807, 2.05) is 6.07 Å². The van der Waals surface area contributed by atoms with E-state index in [0.717, 1.165) is 0 Å². The first-order valence-electron chi connectivity index (χ1n) is 4.51. The number of H-pyrrole nitrogens is 1. The lowest BCUT2D eigenvalue weighted by Gasteiger charge is -2.03. The SMILES string of the molecule is N#CCc1n[nH]c(=S)n1-c1ccc(F)cc1. The number of nitrogens with one attached hydrogen (secondary N) is 1. The fourth-order valence-electron chi connectivity index (χ4n) is 1.38. The molecule has 0 bridgehead atoms. The van der Waals surface area contributed by atoms with Gasteiger partial charge in [-0.05, 0) is 36.5 Å². The third kappa shape index (κ3) is 1.85. The Morgan fingerprint density at radius 3 is 2.75 bits per heavy atom. The lowest BCUT2D eigenvalue weighted by molar-refractivity contribution is 0.627. The molecule has 1 heterocycles. The van der Waals surface area contributed by atoms with Crippen LogP contribution in [0.3, 0.4) is 0 Å². The molecule has 1 aromatic carbocycles. The summed E-state index contributed by atoms with van der Waals surface area (Å²) < 4.78 is 14.8. The fourth-order valence-corrected chi connectivity index (χ4v) is 1.63. The Labute approximate surface area is 96.0 Å². The molecular formula is C10H7FN4S. The van der Waals surface area contributed by atoms with E-state index in [2.05, 4.69) is 10.2 Å². The van der Waals surface area contributed by atoms with E-state index >= 15 is 0 Å². The Bertz CT molecular complexity index is 591. The van der Waals surface area contributed by atoms with Crippen LogP contribution >= 0.6 is 12.2 Å². The maximum Gasteiger partial charge on any atom is 0.199 e. The van der Waals surface area contributed by atoms with E-state index < -0.39 is 0 Å². The summed E-state index contributed by atoms with van der Waals surface area (Å²) in [6, 6.07) is 7.83. The van der Waals surface area contributed by atoms with Crippen molar-refractivity contribution in [2.45, 2.75) is 6.42 Å². The predicted octanol–water partition coefficient (Wildman–Crippen LogP) is 2.14. The summed E-state index contributed by atoms with van der Waals surface area (Å²) in [6.07, 6.45) is 0.143. The van der Waals surface area contributed by atoms with Gasteiger partial charge in [0.2, 0.25) is 0 Å². The highest BCUT2D eigenvalue weighted by Gasteiger charge is 2.07. The molecule has 0 amide bonds. The van der Waals surface area contributed by atoms with Gasteiger partial charge in [0.25, 0.3) is 0 Å². The lowest BCUT2D eigenvalue weighted by atomic mass is 10.3. The average molecular weight is 234 g/mol. The molecule has 0 saturated carbocycles.